The zero-order valence-electron chi connectivity index (χ0n) is 9.33. The van der Waals surface area contributed by atoms with Crippen molar-refractivity contribution >= 4 is 24.3 Å². The van der Waals surface area contributed by atoms with Gasteiger partial charge in [-0.15, -0.1) is 0 Å². The maximum Gasteiger partial charge on any atom is 0.164 e. The summed E-state index contributed by atoms with van der Waals surface area (Å²) in [7, 11) is 1.98. The van der Waals surface area contributed by atoms with Crippen LogP contribution in [-0.4, -0.2) is 27.8 Å². The van der Waals surface area contributed by atoms with Gasteiger partial charge >= 0.3 is 0 Å². The average molecular weight is 220 g/mol. The van der Waals surface area contributed by atoms with Crippen LogP contribution in [0.5, 0.6) is 0 Å². The van der Waals surface area contributed by atoms with Crippen molar-refractivity contribution in [3.05, 3.63) is 43.0 Å². The molecule has 80 valence electrons. The minimum atomic E-state index is 0.713. The molecule has 0 unspecified atom stereocenters. The average Bonchev–Trinajstić information content (AvgIpc) is 2.40. The zero-order chi connectivity index (χ0) is 11.7. The zero-order valence-corrected chi connectivity index (χ0v) is 9.33. The van der Waals surface area contributed by atoms with Crippen molar-refractivity contribution in [2.45, 2.75) is 0 Å². The highest BCUT2D eigenvalue weighted by molar-refractivity contribution is 6.36. The van der Waals surface area contributed by atoms with Crippen LogP contribution in [0.4, 0.5) is 0 Å². The topological polar surface area (TPSA) is 51.6 Å². The van der Waals surface area contributed by atoms with Gasteiger partial charge in [0.15, 0.2) is 13.7 Å². The van der Waals surface area contributed by atoms with Crippen molar-refractivity contribution in [2.75, 3.05) is 0 Å². The van der Waals surface area contributed by atoms with Crippen LogP contribution in [0.2, 0.25) is 0 Å². The second-order valence-electron chi connectivity index (χ2n) is 3.76. The first-order chi connectivity index (χ1) is 8.34. The van der Waals surface area contributed by atoms with Gasteiger partial charge in [0.05, 0.1) is 11.7 Å². The molecule has 4 nitrogen and oxygen atoms in total. The maximum absolute atomic E-state index is 4.50. The molecule has 0 fully saturated rings. The van der Waals surface area contributed by atoms with E-state index in [-0.39, 0.29) is 0 Å². The van der Waals surface area contributed by atoms with E-state index in [0.29, 0.717) is 5.82 Å². The summed E-state index contributed by atoms with van der Waals surface area (Å²) in [6, 6.07) is 5.73. The van der Waals surface area contributed by atoms with Crippen molar-refractivity contribution in [3.8, 4) is 11.4 Å². The molecule has 0 amide bonds. The Morgan fingerprint density at radius 2 is 1.65 bits per heavy atom. The van der Waals surface area contributed by atoms with Crippen LogP contribution < -0.4 is 5.59 Å². The monoisotopic (exact) mass is 220 g/mol. The third-order valence-electron chi connectivity index (χ3n) is 2.63. The predicted molar refractivity (Wildman–Crippen MR) is 68.7 cm³/mol. The Kier molecular flexibility index (Phi) is 2.29. The van der Waals surface area contributed by atoms with E-state index in [1.54, 1.807) is 24.8 Å². The van der Waals surface area contributed by atoms with E-state index >= 15 is 0 Å². The second-order valence-corrected chi connectivity index (χ2v) is 3.76. The van der Waals surface area contributed by atoms with E-state index < -0.39 is 0 Å². The van der Waals surface area contributed by atoms with Gasteiger partial charge in [-0.3, -0.25) is 9.97 Å². The Morgan fingerprint density at radius 1 is 0.882 bits per heavy atom. The molecule has 0 radical (unpaired) electrons. The fourth-order valence-corrected chi connectivity index (χ4v) is 1.77. The smallest absolute Gasteiger partial charge is 0.164 e. The summed E-state index contributed by atoms with van der Waals surface area (Å²) in [4.78, 5) is 17.1. The molecule has 17 heavy (non-hydrogen) atoms. The Labute approximate surface area is 99.2 Å². The van der Waals surface area contributed by atoms with Crippen molar-refractivity contribution in [1.29, 1.82) is 0 Å². The van der Waals surface area contributed by atoms with Crippen LogP contribution in [-0.2, 0) is 0 Å². The number of fused-ring (bicyclic) bond motifs is 1. The molecule has 0 bridgehead atoms. The van der Waals surface area contributed by atoms with Gasteiger partial charge in [0.2, 0.25) is 0 Å². The molecule has 3 rings (SSSR count). The van der Waals surface area contributed by atoms with Crippen molar-refractivity contribution in [2.24, 2.45) is 0 Å². The molecule has 0 aliphatic carbocycles. The molecule has 0 aliphatic rings. The van der Waals surface area contributed by atoms with Gasteiger partial charge in [0, 0.05) is 35.1 Å². The molecule has 3 aromatic rings. The van der Waals surface area contributed by atoms with Crippen LogP contribution in [0.25, 0.3) is 22.3 Å². The summed E-state index contributed by atoms with van der Waals surface area (Å²) in [5, 5.41) is 1.04. The molecule has 0 aliphatic heterocycles. The molecule has 0 spiro atoms. The van der Waals surface area contributed by atoms with Crippen molar-refractivity contribution < 1.29 is 0 Å². The fraction of sp³-hybridized carbons (Fsp3) is 0. The molecular weight excluding hydrogens is 211 g/mol. The largest absolute Gasteiger partial charge is 0.265 e. The van der Waals surface area contributed by atoms with E-state index in [2.05, 4.69) is 19.9 Å². The molecular formula is C12H9BN4. The number of pyridine rings is 2. The third-order valence-corrected chi connectivity index (χ3v) is 2.63. The normalized spacial score (nSPS) is 10.6. The Bertz CT molecular complexity index is 670. The van der Waals surface area contributed by atoms with Crippen LogP contribution >= 0.6 is 0 Å². The second kappa shape index (κ2) is 3.94. The first kappa shape index (κ1) is 9.90. The summed E-state index contributed by atoms with van der Waals surface area (Å²) in [6.07, 6.45) is 6.99. The Balaban J connectivity index is 2.26. The molecule has 0 saturated heterocycles. The van der Waals surface area contributed by atoms with Crippen LogP contribution in [0.15, 0.2) is 43.0 Å². The number of hydrogen-bond acceptors (Lipinski definition) is 4. The lowest BCUT2D eigenvalue weighted by Crippen LogP contribution is -2.12. The highest BCUT2D eigenvalue weighted by Crippen LogP contribution is 2.15. The van der Waals surface area contributed by atoms with Crippen molar-refractivity contribution in [3.63, 3.8) is 0 Å². The first-order valence-electron chi connectivity index (χ1n) is 5.33. The molecule has 3 heterocycles. The third kappa shape index (κ3) is 1.76. The standard InChI is InChI=1S/C12H9BN4/c13-11-9-3-6-15-7-10(9)16-12(17-11)8-1-4-14-5-2-8/h1-7H,13H2. The molecule has 5 heteroatoms. The Morgan fingerprint density at radius 3 is 2.47 bits per heavy atom. The van der Waals surface area contributed by atoms with Gasteiger partial charge in [-0.05, 0) is 18.2 Å². The van der Waals surface area contributed by atoms with E-state index in [1.807, 2.05) is 26.0 Å². The number of nitrogens with zero attached hydrogens (tertiary/aromatic N) is 4. The summed E-state index contributed by atoms with van der Waals surface area (Å²) in [5.74, 6) is 0.713. The van der Waals surface area contributed by atoms with E-state index in [1.165, 1.54) is 0 Å². The molecule has 3 aromatic heterocycles. The predicted octanol–water partition coefficient (Wildman–Crippen LogP) is 0.345. The molecule has 0 saturated carbocycles. The SMILES string of the molecule is Bc1nc(-c2ccncc2)nc2cnccc12. The summed E-state index contributed by atoms with van der Waals surface area (Å²) >= 11 is 0. The van der Waals surface area contributed by atoms with E-state index in [9.17, 15) is 0 Å². The minimum Gasteiger partial charge on any atom is -0.265 e. The molecule has 0 aromatic carbocycles. The lowest BCUT2D eigenvalue weighted by Gasteiger charge is -2.04. The van der Waals surface area contributed by atoms with Crippen LogP contribution in [0.3, 0.4) is 0 Å². The summed E-state index contributed by atoms with van der Waals surface area (Å²) in [6.45, 7) is 0. The van der Waals surface area contributed by atoms with Crippen LogP contribution in [0, 0.1) is 0 Å². The number of hydrogen-bond donors (Lipinski definition) is 0. The highest BCUT2D eigenvalue weighted by Gasteiger charge is 2.05. The van der Waals surface area contributed by atoms with Gasteiger partial charge in [-0.1, -0.05) is 0 Å². The molecule has 0 atom stereocenters. The van der Waals surface area contributed by atoms with Crippen LogP contribution in [0.1, 0.15) is 0 Å². The molecule has 0 N–H and O–H groups in total. The highest BCUT2D eigenvalue weighted by atomic mass is 14.9. The number of aromatic nitrogens is 4. The minimum absolute atomic E-state index is 0.713. The lowest BCUT2D eigenvalue weighted by atomic mass is 9.99. The van der Waals surface area contributed by atoms with Gasteiger partial charge in [-0.25, -0.2) is 9.97 Å². The first-order valence-corrected chi connectivity index (χ1v) is 5.33. The lowest BCUT2D eigenvalue weighted by molar-refractivity contribution is 1.22. The van der Waals surface area contributed by atoms with Crippen molar-refractivity contribution in [1.82, 2.24) is 19.9 Å². The quantitative estimate of drug-likeness (QED) is 0.555. The summed E-state index contributed by atoms with van der Waals surface area (Å²) in [5.41, 5.74) is 2.80. The fourth-order valence-electron chi connectivity index (χ4n) is 1.77. The van der Waals surface area contributed by atoms with Gasteiger partial charge in [0.25, 0.3) is 0 Å². The van der Waals surface area contributed by atoms with E-state index in [4.69, 9.17) is 0 Å². The summed E-state index contributed by atoms with van der Waals surface area (Å²) < 4.78 is 0. The van der Waals surface area contributed by atoms with Gasteiger partial charge in [-0.2, -0.15) is 0 Å². The van der Waals surface area contributed by atoms with E-state index in [0.717, 1.165) is 22.1 Å². The number of rotatable bonds is 1. The van der Waals surface area contributed by atoms with Gasteiger partial charge < -0.3 is 0 Å². The maximum atomic E-state index is 4.50. The van der Waals surface area contributed by atoms with Gasteiger partial charge in [0.1, 0.15) is 0 Å². The Hall–Kier alpha value is -2.30.